The number of rotatable bonds is 6. The Morgan fingerprint density at radius 1 is 0.365 bits per heavy atom. The van der Waals surface area contributed by atoms with Crippen molar-refractivity contribution in [2.24, 2.45) is 0 Å². The van der Waals surface area contributed by atoms with E-state index < -0.39 is 66.8 Å². The van der Waals surface area contributed by atoms with E-state index in [-0.39, 0.29) is 42.1 Å². The second-order valence-electron chi connectivity index (χ2n) is 9.19. The SMILES string of the molecule is C1CCOC1.C1CCOC1.C1CCOC1.O=S(=O)([O-])C(F)(F)C(F)(F)C(F)(F)C(F)(F)F.O=S(=O)([O-])C(F)(F)C(F)(F)C(F)(F)C(F)(F)F.[O-2].[O-2].[U]. The Labute approximate surface area is 305 Å². The smallest absolute Gasteiger partial charge is 0.460 e. The third-order valence-electron chi connectivity index (χ3n) is 5.34. The van der Waals surface area contributed by atoms with Gasteiger partial charge in [0.2, 0.25) is 0 Å². The van der Waals surface area contributed by atoms with Gasteiger partial charge in [-0.3, -0.25) is 0 Å². The van der Waals surface area contributed by atoms with Crippen molar-refractivity contribution in [2.75, 3.05) is 39.6 Å². The molecule has 3 heterocycles. The summed E-state index contributed by atoms with van der Waals surface area (Å²) in [5.74, 6) is -29.6. The average Bonchev–Trinajstić information content (AvgIpc) is 3.73. The van der Waals surface area contributed by atoms with Gasteiger partial charge in [-0.15, -0.1) is 0 Å². The van der Waals surface area contributed by atoms with E-state index in [2.05, 4.69) is 0 Å². The van der Waals surface area contributed by atoms with Crippen molar-refractivity contribution in [1.29, 1.82) is 0 Å². The van der Waals surface area contributed by atoms with Gasteiger partial charge in [0.1, 0.15) is 0 Å². The molecule has 3 aliphatic rings. The predicted molar refractivity (Wildman–Crippen MR) is 123 cm³/mol. The van der Waals surface area contributed by atoms with Crippen molar-refractivity contribution < 1.29 is 161 Å². The fourth-order valence-corrected chi connectivity index (χ4v) is 3.45. The molecule has 3 fully saturated rings. The second-order valence-corrected chi connectivity index (χ2v) is 12.0. The molecule has 0 N–H and O–H groups in total. The Morgan fingerprint density at radius 3 is 0.596 bits per heavy atom. The number of hydrogen-bond donors (Lipinski definition) is 0. The average molecular weight is 1080 g/mol. The second kappa shape index (κ2) is 22.2. The van der Waals surface area contributed by atoms with Crippen LogP contribution < -0.4 is 0 Å². The summed E-state index contributed by atoms with van der Waals surface area (Å²) in [7, 11) is -14.8. The van der Waals surface area contributed by atoms with E-state index >= 15 is 0 Å². The van der Waals surface area contributed by atoms with E-state index in [1.807, 2.05) is 0 Å². The maximum Gasteiger partial charge on any atom is 0.460 e. The van der Waals surface area contributed by atoms with E-state index in [1.54, 1.807) is 0 Å². The van der Waals surface area contributed by atoms with Crippen LogP contribution in [0.2, 0.25) is 0 Å². The van der Waals surface area contributed by atoms with Gasteiger partial charge in [0, 0.05) is 70.8 Å². The third-order valence-corrected chi connectivity index (χ3v) is 7.11. The maximum atomic E-state index is 12.2. The van der Waals surface area contributed by atoms with Crippen LogP contribution >= 0.6 is 0 Å². The molecule has 3 rings (SSSR count). The van der Waals surface area contributed by atoms with Gasteiger partial charge in [0.25, 0.3) is 0 Å². The van der Waals surface area contributed by atoms with Crippen molar-refractivity contribution in [3.63, 3.8) is 0 Å². The maximum absolute atomic E-state index is 12.2. The van der Waals surface area contributed by atoms with Gasteiger partial charge in [0.15, 0.2) is 20.2 Å². The summed E-state index contributed by atoms with van der Waals surface area (Å²) in [6, 6.07) is 0. The molecule has 0 atom stereocenters. The van der Waals surface area contributed by atoms with Crippen LogP contribution in [0.1, 0.15) is 38.5 Å². The quantitative estimate of drug-likeness (QED) is 0.224. The van der Waals surface area contributed by atoms with Crippen molar-refractivity contribution in [2.45, 2.75) is 85.1 Å². The Kier molecular flexibility index (Phi) is 25.9. The molecular weight excluding hydrogens is 1060 g/mol. The first-order chi connectivity index (χ1) is 21.5. The van der Waals surface area contributed by atoms with E-state index in [0.717, 1.165) is 39.6 Å². The van der Waals surface area contributed by atoms with Gasteiger partial charge in [-0.05, 0) is 38.5 Å². The molecule has 0 spiro atoms. The summed E-state index contributed by atoms with van der Waals surface area (Å²) < 4.78 is 286. The molecule has 0 aromatic rings. The zero-order chi connectivity index (χ0) is 39.6. The first-order valence-corrected chi connectivity index (χ1v) is 15.4. The number of halogens is 18. The van der Waals surface area contributed by atoms with E-state index in [9.17, 15) is 105 Å². The summed E-state index contributed by atoms with van der Waals surface area (Å²) in [6.07, 6.45) is -6.66. The number of hydrogen-bond acceptors (Lipinski definition) is 9. The molecule has 318 valence electrons. The summed E-state index contributed by atoms with van der Waals surface area (Å²) in [5.41, 5.74) is 0. The molecule has 3 aliphatic heterocycles. The summed E-state index contributed by atoms with van der Waals surface area (Å²) >= 11 is 0. The van der Waals surface area contributed by atoms with Gasteiger partial charge in [-0.2, -0.15) is 79.0 Å². The minimum Gasteiger partial charge on any atom is -2.00 e. The monoisotopic (exact) mass is 1080 g/mol. The normalized spacial score (nSPS) is 17.5. The van der Waals surface area contributed by atoms with Gasteiger partial charge in [-0.25, -0.2) is 16.8 Å². The summed E-state index contributed by atoms with van der Waals surface area (Å²) in [6.45, 7) is 6.00. The van der Waals surface area contributed by atoms with Crippen LogP contribution in [-0.2, 0) is 45.4 Å². The van der Waals surface area contributed by atoms with Crippen LogP contribution in [0.3, 0.4) is 0 Å². The molecule has 0 aliphatic carbocycles. The third kappa shape index (κ3) is 15.5. The van der Waals surface area contributed by atoms with E-state index in [1.165, 1.54) is 38.5 Å². The minimum absolute atomic E-state index is 0. The predicted octanol–water partition coefficient (Wildman–Crippen LogP) is 6.07. The Morgan fingerprint density at radius 2 is 0.519 bits per heavy atom. The Balaban J connectivity index is -0.000000193. The summed E-state index contributed by atoms with van der Waals surface area (Å²) in [5, 5.41) is -14.2. The van der Waals surface area contributed by atoms with Crippen LogP contribution in [0.15, 0.2) is 0 Å². The molecule has 11 nitrogen and oxygen atoms in total. The summed E-state index contributed by atoms with van der Waals surface area (Å²) in [4.78, 5) is 0. The molecular formula is C20H24F18O11S2U-6. The van der Waals surface area contributed by atoms with Gasteiger partial charge in [-0.1, -0.05) is 0 Å². The minimum atomic E-state index is -7.43. The molecule has 0 saturated carbocycles. The Bertz CT molecular complexity index is 1080. The first-order valence-electron chi connectivity index (χ1n) is 12.5. The molecule has 0 amide bonds. The first kappa shape index (κ1) is 60.7. The van der Waals surface area contributed by atoms with Gasteiger partial charge in [0.05, 0.1) is 0 Å². The zero-order valence-corrected chi connectivity index (χ0v) is 30.9. The molecule has 0 radical (unpaired) electrons. The molecule has 32 heteroatoms. The fourth-order valence-electron chi connectivity index (χ4n) is 2.57. The molecule has 52 heavy (non-hydrogen) atoms. The number of alkyl halides is 18. The van der Waals surface area contributed by atoms with Crippen molar-refractivity contribution in [3.8, 4) is 0 Å². The molecule has 0 aromatic carbocycles. The van der Waals surface area contributed by atoms with Crippen molar-refractivity contribution >= 4 is 20.2 Å². The molecule has 0 unspecified atom stereocenters. The van der Waals surface area contributed by atoms with Crippen LogP contribution in [-0.4, -0.2) is 112 Å². The van der Waals surface area contributed by atoms with Gasteiger partial charge < -0.3 is 34.3 Å². The van der Waals surface area contributed by atoms with Crippen LogP contribution in [0.5, 0.6) is 0 Å². The molecule has 0 bridgehead atoms. The van der Waals surface area contributed by atoms with E-state index in [0.29, 0.717) is 0 Å². The van der Waals surface area contributed by atoms with Gasteiger partial charge >= 0.3 is 46.6 Å². The zero-order valence-electron chi connectivity index (χ0n) is 25.1. The van der Waals surface area contributed by atoms with Crippen LogP contribution in [0, 0.1) is 31.1 Å². The molecule has 3 saturated heterocycles. The van der Waals surface area contributed by atoms with Crippen molar-refractivity contribution in [3.05, 3.63) is 0 Å². The standard InChI is InChI=1S/2C4HF9O3S.3C4H8O.2O.U/c2*5-1(6,3(9,10)11)2(7,8)4(12,13)17(14,15)16;3*1-2-4-5-3-1;;;/h2*(H,14,15,16);3*1-4H2;;;/q;;;;;2*-2;/p-2. The molecule has 0 aromatic heterocycles. The fraction of sp³-hybridized carbons (Fsp3) is 1.00. The van der Waals surface area contributed by atoms with Crippen molar-refractivity contribution in [1.82, 2.24) is 0 Å². The van der Waals surface area contributed by atoms with E-state index in [4.69, 9.17) is 14.2 Å². The van der Waals surface area contributed by atoms with Crippen LogP contribution in [0.25, 0.3) is 0 Å². The Hall–Kier alpha value is -0.588. The number of ether oxygens (including phenoxy) is 3. The van der Waals surface area contributed by atoms with Crippen LogP contribution in [0.4, 0.5) is 79.0 Å². The topological polar surface area (TPSA) is 199 Å². The largest absolute Gasteiger partial charge is 2.00 e.